The van der Waals surface area contributed by atoms with Crippen LogP contribution in [0.1, 0.15) is 64.3 Å². The van der Waals surface area contributed by atoms with Gasteiger partial charge in [-0.25, -0.2) is 14.6 Å². The summed E-state index contributed by atoms with van der Waals surface area (Å²) in [7, 11) is 1.80. The molecule has 0 fully saturated rings. The molecule has 2 aliphatic rings. The average Bonchev–Trinajstić information content (AvgIpc) is 3.62. The van der Waals surface area contributed by atoms with Gasteiger partial charge in [-0.1, -0.05) is 19.1 Å². The fraction of sp³-hybridized carbons (Fsp3) is 0.375. The molecule has 2 atom stereocenters. The first kappa shape index (κ1) is 22.6. The smallest absolute Gasteiger partial charge is 0.270 e. The molecule has 1 aliphatic heterocycles. The van der Waals surface area contributed by atoms with E-state index in [1.165, 1.54) is 12.4 Å². The topological polar surface area (TPSA) is 137 Å². The van der Waals surface area contributed by atoms with Crippen LogP contribution in [0.3, 0.4) is 0 Å². The Morgan fingerprint density at radius 3 is 2.74 bits per heavy atom. The number of fused-ring (bicyclic) bond motifs is 1. The maximum Gasteiger partial charge on any atom is 0.270 e. The lowest BCUT2D eigenvalue weighted by molar-refractivity contribution is 0.0931. The van der Waals surface area contributed by atoms with Crippen LogP contribution >= 0.6 is 0 Å². The summed E-state index contributed by atoms with van der Waals surface area (Å²) in [5.41, 5.74) is 4.45. The Balaban J connectivity index is 1.22. The normalized spacial score (nSPS) is 18.5. The summed E-state index contributed by atoms with van der Waals surface area (Å²) >= 11 is 0. The monoisotopic (exact) mass is 474 g/mol. The van der Waals surface area contributed by atoms with Gasteiger partial charge in [0, 0.05) is 31.6 Å². The lowest BCUT2D eigenvalue weighted by atomic mass is 10.0. The minimum Gasteiger partial charge on any atom is -0.498 e. The van der Waals surface area contributed by atoms with E-state index >= 15 is 0 Å². The van der Waals surface area contributed by atoms with Gasteiger partial charge in [-0.3, -0.25) is 9.59 Å². The van der Waals surface area contributed by atoms with Crippen LogP contribution in [0.15, 0.2) is 42.4 Å². The number of carbonyl (C=O) groups is 2. The number of amides is 2. The standard InChI is InChI=1S/C24H26N8O3/c1-3-17-8-14(12-35-17)11-25-23(33)20-10-21(27-13-26-20)24(34)28-19-7-5-15-9-16(4-6-18(15)19)22-29-30-31-32(22)2/h4,6,9-10,12-13,17,19H,3,5,7-8,11H2,1-2H3,(H,25,33)(H,28,34)/t17?,19-/m0/s1. The number of benzene rings is 1. The van der Waals surface area contributed by atoms with Crippen LogP contribution in [0.5, 0.6) is 0 Å². The highest BCUT2D eigenvalue weighted by atomic mass is 16.5. The van der Waals surface area contributed by atoms with E-state index < -0.39 is 0 Å². The van der Waals surface area contributed by atoms with Gasteiger partial charge in [0.25, 0.3) is 11.8 Å². The van der Waals surface area contributed by atoms with Gasteiger partial charge in [-0.15, -0.1) is 5.10 Å². The van der Waals surface area contributed by atoms with Crippen LogP contribution in [-0.2, 0) is 18.2 Å². The third-order valence-corrected chi connectivity index (χ3v) is 6.39. The molecular weight excluding hydrogens is 448 g/mol. The van der Waals surface area contributed by atoms with Crippen LogP contribution in [0.2, 0.25) is 0 Å². The molecular formula is C24H26N8O3. The second-order valence-electron chi connectivity index (χ2n) is 8.72. The van der Waals surface area contributed by atoms with Crippen molar-refractivity contribution in [1.29, 1.82) is 0 Å². The molecule has 0 radical (unpaired) electrons. The number of nitrogens with zero attached hydrogens (tertiary/aromatic N) is 6. The predicted octanol–water partition coefficient (Wildman–Crippen LogP) is 1.90. The van der Waals surface area contributed by atoms with E-state index in [0.717, 1.165) is 47.9 Å². The number of carbonyl (C=O) groups excluding carboxylic acids is 2. The Hall–Kier alpha value is -4.15. The van der Waals surface area contributed by atoms with Gasteiger partial charge in [0.1, 0.15) is 23.8 Å². The first-order valence-corrected chi connectivity index (χ1v) is 11.6. The molecule has 3 aromatic rings. The summed E-state index contributed by atoms with van der Waals surface area (Å²) in [6, 6.07) is 7.29. The summed E-state index contributed by atoms with van der Waals surface area (Å²) < 4.78 is 7.14. The van der Waals surface area contributed by atoms with Crippen LogP contribution in [0, 0.1) is 0 Å². The molecule has 2 amide bonds. The molecule has 0 saturated carbocycles. The number of aryl methyl sites for hydroxylation is 2. The molecule has 1 aromatic carbocycles. The summed E-state index contributed by atoms with van der Waals surface area (Å²) in [5, 5.41) is 17.5. The zero-order chi connectivity index (χ0) is 24.4. The van der Waals surface area contributed by atoms with Gasteiger partial charge in [0.15, 0.2) is 5.82 Å². The van der Waals surface area contributed by atoms with Crippen molar-refractivity contribution in [3.63, 3.8) is 0 Å². The minimum atomic E-state index is -0.362. The summed E-state index contributed by atoms with van der Waals surface area (Å²) in [6.45, 7) is 2.44. The largest absolute Gasteiger partial charge is 0.498 e. The SMILES string of the molecule is CCC1CC(CNC(=O)c2cc(C(=O)N[C@H]3CCc4cc(-c5nnnn5C)ccc43)ncn2)=CO1. The number of rotatable bonds is 7. The molecule has 1 aliphatic carbocycles. The average molecular weight is 475 g/mol. The Labute approximate surface area is 202 Å². The molecule has 0 bridgehead atoms. The molecule has 3 heterocycles. The first-order valence-electron chi connectivity index (χ1n) is 11.6. The van der Waals surface area contributed by atoms with E-state index in [0.29, 0.717) is 12.4 Å². The van der Waals surface area contributed by atoms with Crippen LogP contribution < -0.4 is 10.6 Å². The van der Waals surface area contributed by atoms with Crippen molar-refractivity contribution in [2.45, 2.75) is 44.8 Å². The lowest BCUT2D eigenvalue weighted by Gasteiger charge is -2.14. The Kier molecular flexibility index (Phi) is 6.21. The van der Waals surface area contributed by atoms with Gasteiger partial charge >= 0.3 is 0 Å². The molecule has 11 heteroatoms. The van der Waals surface area contributed by atoms with E-state index in [9.17, 15) is 9.59 Å². The highest BCUT2D eigenvalue weighted by Crippen LogP contribution is 2.33. The number of hydrogen-bond donors (Lipinski definition) is 2. The van der Waals surface area contributed by atoms with Crippen molar-refractivity contribution < 1.29 is 14.3 Å². The molecule has 11 nitrogen and oxygen atoms in total. The first-order chi connectivity index (χ1) is 17.0. The zero-order valence-electron chi connectivity index (χ0n) is 19.6. The molecule has 0 spiro atoms. The molecule has 5 rings (SSSR count). The second kappa shape index (κ2) is 9.61. The van der Waals surface area contributed by atoms with Gasteiger partial charge in [-0.05, 0) is 52.5 Å². The summed E-state index contributed by atoms with van der Waals surface area (Å²) in [5.74, 6) is -0.0214. The van der Waals surface area contributed by atoms with Crippen LogP contribution in [-0.4, -0.2) is 54.6 Å². The van der Waals surface area contributed by atoms with E-state index in [1.807, 2.05) is 12.1 Å². The van der Waals surface area contributed by atoms with E-state index in [4.69, 9.17) is 4.74 Å². The lowest BCUT2D eigenvalue weighted by Crippen LogP contribution is -2.30. The van der Waals surface area contributed by atoms with E-state index in [2.05, 4.69) is 49.1 Å². The molecule has 2 N–H and O–H groups in total. The number of ether oxygens (including phenoxy) is 1. The molecule has 1 unspecified atom stereocenters. The maximum atomic E-state index is 12.9. The molecule has 2 aromatic heterocycles. The van der Waals surface area contributed by atoms with E-state index in [-0.39, 0.29) is 35.3 Å². The second-order valence-corrected chi connectivity index (χ2v) is 8.72. The predicted molar refractivity (Wildman–Crippen MR) is 125 cm³/mol. The van der Waals surface area contributed by atoms with E-state index in [1.54, 1.807) is 18.0 Å². The number of tetrazole rings is 1. The van der Waals surface area contributed by atoms with Gasteiger partial charge in [-0.2, -0.15) is 0 Å². The quantitative estimate of drug-likeness (QED) is 0.530. The van der Waals surface area contributed by atoms with Crippen LogP contribution in [0.25, 0.3) is 11.4 Å². The van der Waals surface area contributed by atoms with Gasteiger partial charge < -0.3 is 15.4 Å². The number of aromatic nitrogens is 6. The van der Waals surface area contributed by atoms with Crippen molar-refractivity contribution in [3.05, 3.63) is 64.9 Å². The third kappa shape index (κ3) is 4.75. The van der Waals surface area contributed by atoms with Gasteiger partial charge in [0.2, 0.25) is 0 Å². The maximum absolute atomic E-state index is 12.9. The Bertz CT molecular complexity index is 1300. The van der Waals surface area contributed by atoms with Crippen LogP contribution in [0.4, 0.5) is 0 Å². The summed E-state index contributed by atoms with van der Waals surface area (Å²) in [4.78, 5) is 33.6. The third-order valence-electron chi connectivity index (χ3n) is 6.39. The van der Waals surface area contributed by atoms with Crippen molar-refractivity contribution >= 4 is 11.8 Å². The van der Waals surface area contributed by atoms with Gasteiger partial charge in [0.05, 0.1) is 12.3 Å². The molecule has 35 heavy (non-hydrogen) atoms. The van der Waals surface area contributed by atoms with Crippen molar-refractivity contribution in [1.82, 2.24) is 40.8 Å². The Morgan fingerprint density at radius 2 is 2.00 bits per heavy atom. The highest BCUT2D eigenvalue weighted by Gasteiger charge is 2.26. The highest BCUT2D eigenvalue weighted by molar-refractivity contribution is 5.97. The minimum absolute atomic E-state index is 0.141. The fourth-order valence-electron chi connectivity index (χ4n) is 4.44. The molecule has 180 valence electrons. The molecule has 0 saturated heterocycles. The number of nitrogens with one attached hydrogen (secondary N) is 2. The van der Waals surface area contributed by atoms with Crippen molar-refractivity contribution in [2.24, 2.45) is 7.05 Å². The Morgan fingerprint density at radius 1 is 1.17 bits per heavy atom. The van der Waals surface area contributed by atoms with Crippen molar-refractivity contribution in [2.75, 3.05) is 6.54 Å². The number of hydrogen-bond acceptors (Lipinski definition) is 8. The fourth-order valence-corrected chi connectivity index (χ4v) is 4.44. The van der Waals surface area contributed by atoms with Crippen molar-refractivity contribution in [3.8, 4) is 11.4 Å². The zero-order valence-corrected chi connectivity index (χ0v) is 19.6. The summed E-state index contributed by atoms with van der Waals surface area (Å²) in [6.07, 6.45) is 6.44.